The van der Waals surface area contributed by atoms with E-state index < -0.39 is 6.04 Å². The third-order valence-corrected chi connectivity index (χ3v) is 3.93. The lowest BCUT2D eigenvalue weighted by atomic mass is 10.1. The molecule has 1 aliphatic heterocycles. The Labute approximate surface area is 126 Å². The highest BCUT2D eigenvalue weighted by Crippen LogP contribution is 2.35. The van der Waals surface area contributed by atoms with Crippen molar-refractivity contribution in [1.82, 2.24) is 0 Å². The van der Waals surface area contributed by atoms with Crippen LogP contribution in [0.25, 0.3) is 10.8 Å². The van der Waals surface area contributed by atoms with Gasteiger partial charge in [0, 0.05) is 22.3 Å². The number of benzene rings is 3. The van der Waals surface area contributed by atoms with Gasteiger partial charge in [-0.05, 0) is 29.7 Å². The van der Waals surface area contributed by atoms with E-state index in [4.69, 9.17) is 0 Å². The van der Waals surface area contributed by atoms with Gasteiger partial charge in [0.05, 0.1) is 0 Å². The van der Waals surface area contributed by atoms with Crippen molar-refractivity contribution in [3.05, 3.63) is 72.0 Å². The van der Waals surface area contributed by atoms with Crippen LogP contribution in [-0.2, 0) is 4.79 Å². The van der Waals surface area contributed by atoms with Gasteiger partial charge in [-0.3, -0.25) is 4.79 Å². The van der Waals surface area contributed by atoms with Crippen LogP contribution >= 0.6 is 0 Å². The summed E-state index contributed by atoms with van der Waals surface area (Å²) in [6.07, 6.45) is 0. The monoisotopic (exact) mass is 292 g/mol. The van der Waals surface area contributed by atoms with E-state index in [2.05, 4.69) is 10.6 Å². The van der Waals surface area contributed by atoms with Crippen molar-refractivity contribution in [2.45, 2.75) is 6.04 Å². The smallest absolute Gasteiger partial charge is 0.251 e. The number of rotatable bonds is 2. The molecule has 1 atom stereocenters. The highest BCUT2D eigenvalue weighted by Gasteiger charge is 2.31. The van der Waals surface area contributed by atoms with Crippen LogP contribution in [0.15, 0.2) is 60.7 Å². The molecule has 1 amide bonds. The van der Waals surface area contributed by atoms with Crippen molar-refractivity contribution in [1.29, 1.82) is 0 Å². The fourth-order valence-electron chi connectivity index (χ4n) is 2.88. The Bertz CT molecular complexity index is 886. The van der Waals surface area contributed by atoms with Gasteiger partial charge in [0.25, 0.3) is 5.91 Å². The van der Waals surface area contributed by atoms with Gasteiger partial charge in [0.1, 0.15) is 11.9 Å². The number of hydrogen-bond donors (Lipinski definition) is 2. The molecule has 0 fully saturated rings. The number of amides is 1. The van der Waals surface area contributed by atoms with E-state index in [1.165, 1.54) is 12.1 Å². The standard InChI is InChI=1S/C18H13FN2O/c19-12-8-9-16-14(10-12)17(18(22)21-16)20-15-7-3-5-11-4-1-2-6-13(11)15/h1-10,17,20H,(H,21,22). The van der Waals surface area contributed by atoms with Crippen molar-refractivity contribution in [3.63, 3.8) is 0 Å². The van der Waals surface area contributed by atoms with Crippen LogP contribution in [-0.4, -0.2) is 5.91 Å². The molecule has 2 N–H and O–H groups in total. The Morgan fingerprint density at radius 3 is 2.73 bits per heavy atom. The van der Waals surface area contributed by atoms with Crippen molar-refractivity contribution in [2.24, 2.45) is 0 Å². The van der Waals surface area contributed by atoms with Gasteiger partial charge in [-0.1, -0.05) is 36.4 Å². The van der Waals surface area contributed by atoms with Crippen LogP contribution < -0.4 is 10.6 Å². The lowest BCUT2D eigenvalue weighted by Gasteiger charge is -2.15. The van der Waals surface area contributed by atoms with E-state index in [1.807, 2.05) is 42.5 Å². The molecule has 108 valence electrons. The summed E-state index contributed by atoms with van der Waals surface area (Å²) in [6.45, 7) is 0. The van der Waals surface area contributed by atoms with E-state index in [1.54, 1.807) is 6.07 Å². The Balaban J connectivity index is 1.78. The van der Waals surface area contributed by atoms with Gasteiger partial charge in [-0.2, -0.15) is 0 Å². The Morgan fingerprint density at radius 1 is 1.00 bits per heavy atom. The fraction of sp³-hybridized carbons (Fsp3) is 0.0556. The van der Waals surface area contributed by atoms with Crippen LogP contribution in [0.4, 0.5) is 15.8 Å². The largest absolute Gasteiger partial charge is 0.370 e. The zero-order valence-corrected chi connectivity index (χ0v) is 11.6. The Hall–Kier alpha value is -2.88. The van der Waals surface area contributed by atoms with Crippen molar-refractivity contribution >= 4 is 28.1 Å². The molecule has 0 aromatic heterocycles. The maximum absolute atomic E-state index is 13.5. The summed E-state index contributed by atoms with van der Waals surface area (Å²) in [7, 11) is 0. The van der Waals surface area contributed by atoms with E-state index in [0.717, 1.165) is 16.5 Å². The zero-order chi connectivity index (χ0) is 15.1. The predicted octanol–water partition coefficient (Wildman–Crippen LogP) is 4.08. The summed E-state index contributed by atoms with van der Waals surface area (Å²) in [5, 5.41) is 8.13. The van der Waals surface area contributed by atoms with Gasteiger partial charge >= 0.3 is 0 Å². The molecule has 0 saturated heterocycles. The van der Waals surface area contributed by atoms with Crippen LogP contribution in [0.2, 0.25) is 0 Å². The zero-order valence-electron chi connectivity index (χ0n) is 11.6. The molecule has 3 aromatic carbocycles. The summed E-state index contributed by atoms with van der Waals surface area (Å²) in [4.78, 5) is 12.2. The molecule has 4 rings (SSSR count). The molecule has 3 nitrogen and oxygen atoms in total. The highest BCUT2D eigenvalue weighted by atomic mass is 19.1. The maximum atomic E-state index is 13.5. The highest BCUT2D eigenvalue weighted by molar-refractivity contribution is 6.05. The minimum absolute atomic E-state index is 0.173. The molecule has 1 unspecified atom stereocenters. The number of fused-ring (bicyclic) bond motifs is 2. The molecule has 22 heavy (non-hydrogen) atoms. The normalized spacial score (nSPS) is 16.4. The van der Waals surface area contributed by atoms with Crippen LogP contribution in [0.1, 0.15) is 11.6 Å². The molecule has 0 aliphatic carbocycles. The van der Waals surface area contributed by atoms with Crippen molar-refractivity contribution in [3.8, 4) is 0 Å². The SMILES string of the molecule is O=C1Nc2ccc(F)cc2C1Nc1cccc2ccccc12. The lowest BCUT2D eigenvalue weighted by Crippen LogP contribution is -2.19. The molecule has 3 aromatic rings. The second-order valence-corrected chi connectivity index (χ2v) is 5.32. The predicted molar refractivity (Wildman–Crippen MR) is 85.3 cm³/mol. The molecular formula is C18H13FN2O. The summed E-state index contributed by atoms with van der Waals surface area (Å²) in [5.41, 5.74) is 2.15. The molecule has 1 heterocycles. The van der Waals surface area contributed by atoms with E-state index in [0.29, 0.717) is 11.3 Å². The topological polar surface area (TPSA) is 41.1 Å². The van der Waals surface area contributed by atoms with Gasteiger partial charge in [-0.15, -0.1) is 0 Å². The third kappa shape index (κ3) is 2.00. The maximum Gasteiger partial charge on any atom is 0.251 e. The average molecular weight is 292 g/mol. The van der Waals surface area contributed by atoms with Gasteiger partial charge < -0.3 is 10.6 Å². The van der Waals surface area contributed by atoms with Crippen molar-refractivity contribution < 1.29 is 9.18 Å². The second kappa shape index (κ2) is 4.84. The molecule has 0 spiro atoms. The van der Waals surface area contributed by atoms with Crippen LogP contribution in [0, 0.1) is 5.82 Å². The summed E-state index contributed by atoms with van der Waals surface area (Å²) >= 11 is 0. The lowest BCUT2D eigenvalue weighted by molar-refractivity contribution is -0.116. The molecule has 1 aliphatic rings. The number of carbonyl (C=O) groups excluding carboxylic acids is 1. The van der Waals surface area contributed by atoms with E-state index in [9.17, 15) is 9.18 Å². The molecule has 0 radical (unpaired) electrons. The Kier molecular flexibility index (Phi) is 2.82. The first kappa shape index (κ1) is 12.8. The Morgan fingerprint density at radius 2 is 1.82 bits per heavy atom. The van der Waals surface area contributed by atoms with Gasteiger partial charge in [0.2, 0.25) is 0 Å². The molecular weight excluding hydrogens is 279 g/mol. The summed E-state index contributed by atoms with van der Waals surface area (Å²) < 4.78 is 13.5. The van der Waals surface area contributed by atoms with Crippen molar-refractivity contribution in [2.75, 3.05) is 10.6 Å². The molecule has 4 heteroatoms. The van der Waals surface area contributed by atoms with E-state index >= 15 is 0 Å². The minimum atomic E-state index is -0.587. The first-order chi connectivity index (χ1) is 10.7. The molecule has 0 saturated carbocycles. The van der Waals surface area contributed by atoms with Gasteiger partial charge in [0.15, 0.2) is 0 Å². The first-order valence-corrected chi connectivity index (χ1v) is 7.07. The van der Waals surface area contributed by atoms with Gasteiger partial charge in [-0.25, -0.2) is 4.39 Å². The average Bonchev–Trinajstić information content (AvgIpc) is 2.83. The number of anilines is 2. The summed E-state index contributed by atoms with van der Waals surface area (Å²) in [5.74, 6) is -0.520. The number of halogens is 1. The summed E-state index contributed by atoms with van der Waals surface area (Å²) in [6, 6.07) is 17.6. The molecule has 0 bridgehead atoms. The minimum Gasteiger partial charge on any atom is -0.370 e. The number of carbonyl (C=O) groups is 1. The first-order valence-electron chi connectivity index (χ1n) is 7.07. The fourth-order valence-corrected chi connectivity index (χ4v) is 2.88. The van der Waals surface area contributed by atoms with E-state index in [-0.39, 0.29) is 11.7 Å². The van der Waals surface area contributed by atoms with Crippen LogP contribution in [0.5, 0.6) is 0 Å². The second-order valence-electron chi connectivity index (χ2n) is 5.32. The van der Waals surface area contributed by atoms with Crippen LogP contribution in [0.3, 0.4) is 0 Å². The quantitative estimate of drug-likeness (QED) is 0.747. The number of nitrogens with one attached hydrogen (secondary N) is 2. The third-order valence-electron chi connectivity index (χ3n) is 3.93. The number of hydrogen-bond acceptors (Lipinski definition) is 2.